The summed E-state index contributed by atoms with van der Waals surface area (Å²) in [5.41, 5.74) is 0.676. The van der Waals surface area contributed by atoms with Crippen LogP contribution in [0.2, 0.25) is 0 Å². The Bertz CT molecular complexity index is 624. The van der Waals surface area contributed by atoms with Gasteiger partial charge in [0.2, 0.25) is 11.6 Å². The average Bonchev–Trinajstić information content (AvgIpc) is 2.91. The van der Waals surface area contributed by atoms with Crippen molar-refractivity contribution < 1.29 is 23.2 Å². The standard InChI is InChI=1S/C14H21N4O4/c1-18(2,15)8-12-16-17-14(22-12)9-6-10(19-3)13(21-5)11(7-9)20-4/h6-7H,8,15H2,1-5H3/q+1. The molecule has 0 bridgehead atoms. The molecule has 0 aliphatic carbocycles. The van der Waals surface area contributed by atoms with Crippen molar-refractivity contribution in [3.05, 3.63) is 18.0 Å². The SMILES string of the molecule is COc1cc(-c2nnc(C[N+](C)(C)N)o2)cc(OC)c1OC. The highest BCUT2D eigenvalue weighted by Gasteiger charge is 2.20. The maximum Gasteiger partial charge on any atom is 0.273 e. The number of hydrogen-bond acceptors (Lipinski definition) is 7. The van der Waals surface area contributed by atoms with Gasteiger partial charge in [0, 0.05) is 5.56 Å². The van der Waals surface area contributed by atoms with E-state index in [0.29, 0.717) is 41.1 Å². The minimum Gasteiger partial charge on any atom is -0.493 e. The Balaban J connectivity index is 2.40. The number of quaternary nitrogens is 1. The lowest BCUT2D eigenvalue weighted by Gasteiger charge is -2.19. The van der Waals surface area contributed by atoms with Gasteiger partial charge in [0.15, 0.2) is 18.0 Å². The van der Waals surface area contributed by atoms with Gasteiger partial charge >= 0.3 is 0 Å². The second-order valence-electron chi connectivity index (χ2n) is 5.35. The molecule has 120 valence electrons. The first kappa shape index (κ1) is 16.1. The fraction of sp³-hybridized carbons (Fsp3) is 0.429. The summed E-state index contributed by atoms with van der Waals surface area (Å²) < 4.78 is 21.8. The van der Waals surface area contributed by atoms with Crippen LogP contribution in [0.15, 0.2) is 16.5 Å². The van der Waals surface area contributed by atoms with Crippen LogP contribution in [0, 0.1) is 0 Å². The van der Waals surface area contributed by atoms with E-state index < -0.39 is 0 Å². The van der Waals surface area contributed by atoms with Crippen molar-refractivity contribution in [2.24, 2.45) is 5.84 Å². The van der Waals surface area contributed by atoms with Crippen LogP contribution in [0.25, 0.3) is 11.5 Å². The Kier molecular flexibility index (Phi) is 4.53. The van der Waals surface area contributed by atoms with Gasteiger partial charge in [-0.05, 0) is 12.1 Å². The lowest BCUT2D eigenvalue weighted by atomic mass is 10.2. The fourth-order valence-corrected chi connectivity index (χ4v) is 1.99. The topological polar surface area (TPSA) is 92.6 Å². The lowest BCUT2D eigenvalue weighted by molar-refractivity contribution is -0.916. The molecule has 0 aliphatic heterocycles. The van der Waals surface area contributed by atoms with Gasteiger partial charge in [-0.2, -0.15) is 5.84 Å². The number of rotatable bonds is 6. The zero-order valence-corrected chi connectivity index (χ0v) is 13.4. The highest BCUT2D eigenvalue weighted by atomic mass is 16.5. The average molecular weight is 309 g/mol. The van der Waals surface area contributed by atoms with E-state index in [9.17, 15) is 0 Å². The van der Waals surface area contributed by atoms with Gasteiger partial charge in [0.05, 0.1) is 35.4 Å². The number of methoxy groups -OCH3 is 3. The van der Waals surface area contributed by atoms with Crippen molar-refractivity contribution in [2.75, 3.05) is 35.4 Å². The summed E-state index contributed by atoms with van der Waals surface area (Å²) >= 11 is 0. The maximum absolute atomic E-state index is 5.90. The summed E-state index contributed by atoms with van der Waals surface area (Å²) in [4.78, 5) is 0. The van der Waals surface area contributed by atoms with Crippen LogP contribution in [0.4, 0.5) is 0 Å². The third-order valence-corrected chi connectivity index (χ3v) is 2.92. The van der Waals surface area contributed by atoms with Crippen molar-refractivity contribution in [2.45, 2.75) is 6.54 Å². The molecule has 0 spiro atoms. The molecule has 0 saturated carbocycles. The van der Waals surface area contributed by atoms with E-state index in [2.05, 4.69) is 10.2 Å². The predicted molar refractivity (Wildman–Crippen MR) is 79.4 cm³/mol. The molecule has 1 aromatic heterocycles. The number of aromatic nitrogens is 2. The van der Waals surface area contributed by atoms with Crippen molar-refractivity contribution in [1.82, 2.24) is 10.2 Å². The first-order valence-corrected chi connectivity index (χ1v) is 6.62. The van der Waals surface area contributed by atoms with E-state index >= 15 is 0 Å². The summed E-state index contributed by atoms with van der Waals surface area (Å²) in [5.74, 6) is 8.26. The molecule has 0 unspecified atom stereocenters. The minimum absolute atomic E-state index is 0.205. The van der Waals surface area contributed by atoms with Crippen LogP contribution in [-0.4, -0.2) is 50.2 Å². The molecule has 22 heavy (non-hydrogen) atoms. The van der Waals surface area contributed by atoms with Crippen LogP contribution < -0.4 is 20.1 Å². The summed E-state index contributed by atoms with van der Waals surface area (Å²) in [6, 6.07) is 3.50. The van der Waals surface area contributed by atoms with Gasteiger partial charge in [0.25, 0.3) is 5.89 Å². The van der Waals surface area contributed by atoms with Crippen LogP contribution in [0.3, 0.4) is 0 Å². The van der Waals surface area contributed by atoms with E-state index in [0.717, 1.165) is 0 Å². The van der Waals surface area contributed by atoms with Gasteiger partial charge in [-0.3, -0.25) is 0 Å². The molecule has 1 aromatic carbocycles. The Labute approximate surface area is 129 Å². The molecule has 0 radical (unpaired) electrons. The molecule has 2 aromatic rings. The van der Waals surface area contributed by atoms with Crippen LogP contribution >= 0.6 is 0 Å². The summed E-state index contributed by atoms with van der Waals surface area (Å²) in [5, 5.41) is 8.05. The first-order chi connectivity index (χ1) is 10.4. The highest BCUT2D eigenvalue weighted by Crippen LogP contribution is 2.40. The predicted octanol–water partition coefficient (Wildman–Crippen LogP) is 1.21. The van der Waals surface area contributed by atoms with Gasteiger partial charge in [-0.15, -0.1) is 10.2 Å². The van der Waals surface area contributed by atoms with Crippen molar-refractivity contribution >= 4 is 0 Å². The zero-order valence-electron chi connectivity index (χ0n) is 13.4. The van der Waals surface area contributed by atoms with E-state index in [1.807, 2.05) is 14.1 Å². The normalized spacial score (nSPS) is 11.4. The Morgan fingerprint density at radius 3 is 2.09 bits per heavy atom. The maximum atomic E-state index is 5.90. The lowest BCUT2D eigenvalue weighted by Crippen LogP contribution is -2.45. The van der Waals surface area contributed by atoms with E-state index in [1.54, 1.807) is 33.5 Å². The fourth-order valence-electron chi connectivity index (χ4n) is 1.99. The zero-order chi connectivity index (χ0) is 16.3. The number of hydrogen-bond donors (Lipinski definition) is 1. The molecule has 8 nitrogen and oxygen atoms in total. The minimum atomic E-state index is 0.205. The molecule has 2 N–H and O–H groups in total. The molecule has 0 aliphatic rings. The van der Waals surface area contributed by atoms with E-state index in [1.165, 1.54) is 0 Å². The van der Waals surface area contributed by atoms with E-state index in [-0.39, 0.29) is 4.59 Å². The third kappa shape index (κ3) is 3.46. The number of ether oxygens (including phenoxy) is 3. The van der Waals surface area contributed by atoms with Crippen LogP contribution in [-0.2, 0) is 6.54 Å². The second-order valence-corrected chi connectivity index (χ2v) is 5.35. The van der Waals surface area contributed by atoms with E-state index in [4.69, 9.17) is 24.5 Å². The van der Waals surface area contributed by atoms with Gasteiger partial charge in [-0.1, -0.05) is 0 Å². The molecule has 8 heteroatoms. The summed E-state index contributed by atoms with van der Waals surface area (Å²) in [7, 11) is 8.32. The smallest absolute Gasteiger partial charge is 0.273 e. The van der Waals surface area contributed by atoms with Crippen molar-refractivity contribution in [3.63, 3.8) is 0 Å². The summed E-state index contributed by atoms with van der Waals surface area (Å²) in [6.45, 7) is 0.428. The molecule has 1 heterocycles. The van der Waals surface area contributed by atoms with Gasteiger partial charge < -0.3 is 18.6 Å². The Hall–Kier alpha value is -2.32. The molecule has 2 rings (SSSR count). The van der Waals surface area contributed by atoms with Crippen LogP contribution in [0.1, 0.15) is 5.89 Å². The summed E-state index contributed by atoms with van der Waals surface area (Å²) in [6.07, 6.45) is 0. The number of nitrogens with two attached hydrogens (primary N) is 1. The molecule has 0 saturated heterocycles. The number of benzene rings is 1. The third-order valence-electron chi connectivity index (χ3n) is 2.92. The van der Waals surface area contributed by atoms with Crippen molar-refractivity contribution in [1.29, 1.82) is 0 Å². The molecule has 0 atom stereocenters. The van der Waals surface area contributed by atoms with Crippen LogP contribution in [0.5, 0.6) is 17.2 Å². The largest absolute Gasteiger partial charge is 0.493 e. The highest BCUT2D eigenvalue weighted by molar-refractivity contribution is 5.65. The van der Waals surface area contributed by atoms with Gasteiger partial charge in [-0.25, -0.2) is 4.59 Å². The molecule has 0 fully saturated rings. The Morgan fingerprint density at radius 1 is 1.05 bits per heavy atom. The van der Waals surface area contributed by atoms with Crippen molar-refractivity contribution in [3.8, 4) is 28.7 Å². The number of nitrogens with zero attached hydrogens (tertiary/aromatic N) is 3. The second kappa shape index (κ2) is 6.20. The molecule has 0 amide bonds. The molecular weight excluding hydrogens is 288 g/mol. The van der Waals surface area contributed by atoms with Gasteiger partial charge in [0.1, 0.15) is 0 Å². The monoisotopic (exact) mass is 309 g/mol. The first-order valence-electron chi connectivity index (χ1n) is 6.62. The Morgan fingerprint density at radius 2 is 1.64 bits per heavy atom. The quantitative estimate of drug-likeness (QED) is 0.487. The molecular formula is C14H21N4O4+.